The monoisotopic (exact) mass is 580 g/mol. The van der Waals surface area contributed by atoms with Crippen molar-refractivity contribution in [2.45, 2.75) is 56.6 Å². The standard InChI is InChI=1S/C30H32N2O6S2/c1-4-23(27(34)32-28-25(30(37)38-5-2)22-14-13-17(3)15-24(22)40-28)39-19-10-8-9-18(16-19)31-26(33)20-11-6-7-12-21(20)29(35)36/h6-12,16-17,23H,4-5,13-15H2,1-3H3,(H,31,33)(H,32,34)(H,35,36). The first-order valence-corrected chi connectivity index (χ1v) is 14.9. The Morgan fingerprint density at radius 3 is 2.52 bits per heavy atom. The summed E-state index contributed by atoms with van der Waals surface area (Å²) in [7, 11) is 0. The Hall–Kier alpha value is -3.63. The summed E-state index contributed by atoms with van der Waals surface area (Å²) in [6, 6.07) is 13.1. The topological polar surface area (TPSA) is 122 Å². The van der Waals surface area contributed by atoms with E-state index in [0.29, 0.717) is 28.6 Å². The van der Waals surface area contributed by atoms with Crippen LogP contribution >= 0.6 is 23.1 Å². The molecule has 1 aliphatic carbocycles. The molecule has 2 unspecified atom stereocenters. The maximum atomic E-state index is 13.4. The molecule has 0 saturated carbocycles. The third-order valence-electron chi connectivity index (χ3n) is 6.66. The lowest BCUT2D eigenvalue weighted by Crippen LogP contribution is -2.25. The van der Waals surface area contributed by atoms with Crippen LogP contribution in [0.5, 0.6) is 0 Å². The number of hydrogen-bond acceptors (Lipinski definition) is 7. The molecule has 0 spiro atoms. The lowest BCUT2D eigenvalue weighted by Gasteiger charge is -2.18. The average Bonchev–Trinajstić information content (AvgIpc) is 3.28. The molecular weight excluding hydrogens is 548 g/mol. The molecule has 3 aromatic rings. The van der Waals surface area contributed by atoms with Crippen LogP contribution < -0.4 is 10.6 Å². The van der Waals surface area contributed by atoms with Gasteiger partial charge >= 0.3 is 11.9 Å². The normalized spacial score (nSPS) is 15.0. The molecule has 0 saturated heterocycles. The van der Waals surface area contributed by atoms with Gasteiger partial charge < -0.3 is 20.5 Å². The molecular formula is C30H32N2O6S2. The van der Waals surface area contributed by atoms with E-state index in [-0.39, 0.29) is 23.6 Å². The number of hydrogen-bond donors (Lipinski definition) is 3. The van der Waals surface area contributed by atoms with Gasteiger partial charge in [-0.05, 0) is 74.4 Å². The van der Waals surface area contributed by atoms with Crippen molar-refractivity contribution in [3.63, 3.8) is 0 Å². The number of thiophene rings is 1. The molecule has 2 atom stereocenters. The van der Waals surface area contributed by atoms with Crippen LogP contribution in [-0.4, -0.2) is 40.7 Å². The second-order valence-corrected chi connectivity index (χ2v) is 12.0. The highest BCUT2D eigenvalue weighted by Gasteiger charge is 2.30. The van der Waals surface area contributed by atoms with Gasteiger partial charge in [-0.1, -0.05) is 32.0 Å². The molecule has 0 radical (unpaired) electrons. The molecule has 8 nitrogen and oxygen atoms in total. The number of rotatable bonds is 10. The molecule has 10 heteroatoms. The van der Waals surface area contributed by atoms with Crippen LogP contribution in [0.2, 0.25) is 0 Å². The first-order valence-electron chi connectivity index (χ1n) is 13.2. The lowest BCUT2D eigenvalue weighted by atomic mass is 9.88. The first kappa shape index (κ1) is 29.4. The van der Waals surface area contributed by atoms with Gasteiger partial charge in [0.15, 0.2) is 0 Å². The van der Waals surface area contributed by atoms with E-state index in [1.54, 1.807) is 37.3 Å². The van der Waals surface area contributed by atoms with E-state index >= 15 is 0 Å². The fourth-order valence-electron chi connectivity index (χ4n) is 4.65. The number of carbonyl (C=O) groups is 4. The van der Waals surface area contributed by atoms with E-state index in [1.165, 1.54) is 35.2 Å². The minimum Gasteiger partial charge on any atom is -0.478 e. The van der Waals surface area contributed by atoms with Gasteiger partial charge in [0.2, 0.25) is 5.91 Å². The number of ether oxygens (including phenoxy) is 1. The zero-order valence-electron chi connectivity index (χ0n) is 22.6. The number of benzene rings is 2. The number of carbonyl (C=O) groups excluding carboxylic acids is 3. The van der Waals surface area contributed by atoms with Crippen LogP contribution in [0.1, 0.15) is 75.1 Å². The van der Waals surface area contributed by atoms with E-state index < -0.39 is 23.1 Å². The van der Waals surface area contributed by atoms with Crippen LogP contribution in [0.3, 0.4) is 0 Å². The number of carboxylic acid groups (broad SMARTS) is 1. The van der Waals surface area contributed by atoms with Crippen molar-refractivity contribution in [3.05, 3.63) is 75.7 Å². The molecule has 4 rings (SSSR count). The Kier molecular flexibility index (Phi) is 9.65. The predicted molar refractivity (Wildman–Crippen MR) is 158 cm³/mol. The van der Waals surface area contributed by atoms with Crippen LogP contribution in [0.25, 0.3) is 0 Å². The molecule has 3 N–H and O–H groups in total. The van der Waals surface area contributed by atoms with Gasteiger partial charge in [0.25, 0.3) is 5.91 Å². The molecule has 1 heterocycles. The number of aromatic carboxylic acids is 1. The van der Waals surface area contributed by atoms with Crippen LogP contribution in [0.15, 0.2) is 53.4 Å². The highest BCUT2D eigenvalue weighted by molar-refractivity contribution is 8.00. The summed E-state index contributed by atoms with van der Waals surface area (Å²) in [5, 5.41) is 15.2. The minimum atomic E-state index is -1.18. The first-order chi connectivity index (χ1) is 19.2. The summed E-state index contributed by atoms with van der Waals surface area (Å²) in [6.45, 7) is 6.13. The summed E-state index contributed by atoms with van der Waals surface area (Å²) < 4.78 is 5.33. The fourth-order valence-corrected chi connectivity index (χ4v) is 7.07. The summed E-state index contributed by atoms with van der Waals surface area (Å²) >= 11 is 2.81. The lowest BCUT2D eigenvalue weighted by molar-refractivity contribution is -0.115. The number of fused-ring (bicyclic) bond motifs is 1. The molecule has 1 aromatic heterocycles. The number of esters is 1. The Bertz CT molecular complexity index is 1430. The molecule has 0 aliphatic heterocycles. The molecule has 40 heavy (non-hydrogen) atoms. The largest absolute Gasteiger partial charge is 0.478 e. The summed E-state index contributed by atoms with van der Waals surface area (Å²) in [5.41, 5.74) is 1.93. The van der Waals surface area contributed by atoms with Crippen LogP contribution in [0, 0.1) is 5.92 Å². The zero-order chi connectivity index (χ0) is 28.8. The van der Waals surface area contributed by atoms with Gasteiger partial charge in [0.05, 0.1) is 28.5 Å². The quantitative estimate of drug-likeness (QED) is 0.185. The van der Waals surface area contributed by atoms with Gasteiger partial charge in [0.1, 0.15) is 5.00 Å². The Balaban J connectivity index is 1.49. The van der Waals surface area contributed by atoms with Crippen LogP contribution in [-0.2, 0) is 22.4 Å². The summed E-state index contributed by atoms with van der Waals surface area (Å²) in [6.07, 6.45) is 3.20. The molecule has 2 aromatic carbocycles. The molecule has 210 valence electrons. The van der Waals surface area contributed by atoms with Crippen molar-refractivity contribution < 1.29 is 29.0 Å². The molecule has 1 aliphatic rings. The second kappa shape index (κ2) is 13.1. The molecule has 0 bridgehead atoms. The SMILES string of the molecule is CCOC(=O)c1c(NC(=O)C(CC)Sc2cccc(NC(=O)c3ccccc3C(=O)O)c2)sc2c1CCC(C)C2. The second-order valence-electron chi connectivity index (χ2n) is 9.61. The van der Waals surface area contributed by atoms with Gasteiger partial charge in [0, 0.05) is 15.5 Å². The Labute approximate surface area is 241 Å². The van der Waals surface area contributed by atoms with Crippen molar-refractivity contribution in [2.24, 2.45) is 5.92 Å². The number of anilines is 2. The van der Waals surface area contributed by atoms with E-state index in [1.807, 2.05) is 13.0 Å². The van der Waals surface area contributed by atoms with Gasteiger partial charge in [-0.25, -0.2) is 9.59 Å². The number of carboxylic acids is 1. The van der Waals surface area contributed by atoms with E-state index in [0.717, 1.165) is 34.6 Å². The average molecular weight is 581 g/mol. The predicted octanol–water partition coefficient (Wildman–Crippen LogP) is 6.51. The highest BCUT2D eigenvalue weighted by Crippen LogP contribution is 2.40. The zero-order valence-corrected chi connectivity index (χ0v) is 24.2. The maximum absolute atomic E-state index is 13.4. The van der Waals surface area contributed by atoms with Crippen molar-refractivity contribution in [1.29, 1.82) is 0 Å². The Morgan fingerprint density at radius 2 is 1.82 bits per heavy atom. The van der Waals surface area contributed by atoms with Gasteiger partial charge in [-0.3, -0.25) is 9.59 Å². The summed E-state index contributed by atoms with van der Waals surface area (Å²) in [4.78, 5) is 52.4. The van der Waals surface area contributed by atoms with Crippen molar-refractivity contribution >= 4 is 57.5 Å². The number of nitrogens with one attached hydrogen (secondary N) is 2. The maximum Gasteiger partial charge on any atom is 0.341 e. The molecule has 0 fully saturated rings. The number of amides is 2. The summed E-state index contributed by atoms with van der Waals surface area (Å²) in [5.74, 6) is -1.81. The van der Waals surface area contributed by atoms with Crippen LogP contribution in [0.4, 0.5) is 10.7 Å². The third kappa shape index (κ3) is 6.74. The number of thioether (sulfide) groups is 1. The highest BCUT2D eigenvalue weighted by atomic mass is 32.2. The minimum absolute atomic E-state index is 0.0595. The third-order valence-corrected chi connectivity index (χ3v) is 9.19. The van der Waals surface area contributed by atoms with Crippen molar-refractivity contribution in [3.8, 4) is 0 Å². The van der Waals surface area contributed by atoms with E-state index in [4.69, 9.17) is 4.74 Å². The van der Waals surface area contributed by atoms with E-state index in [9.17, 15) is 24.3 Å². The smallest absolute Gasteiger partial charge is 0.341 e. The Morgan fingerprint density at radius 1 is 1.07 bits per heavy atom. The van der Waals surface area contributed by atoms with E-state index in [2.05, 4.69) is 17.6 Å². The fraction of sp³-hybridized carbons (Fsp3) is 0.333. The molecule has 2 amide bonds. The van der Waals surface area contributed by atoms with Crippen molar-refractivity contribution in [1.82, 2.24) is 0 Å². The van der Waals surface area contributed by atoms with Gasteiger partial charge in [-0.15, -0.1) is 23.1 Å². The van der Waals surface area contributed by atoms with Crippen molar-refractivity contribution in [2.75, 3.05) is 17.2 Å². The van der Waals surface area contributed by atoms with Gasteiger partial charge in [-0.2, -0.15) is 0 Å².